The summed E-state index contributed by atoms with van der Waals surface area (Å²) in [6.45, 7) is 3.77. The van der Waals surface area contributed by atoms with Crippen molar-refractivity contribution in [1.82, 2.24) is 14.6 Å². The first-order valence-electron chi connectivity index (χ1n) is 8.97. The van der Waals surface area contributed by atoms with Crippen molar-refractivity contribution in [2.45, 2.75) is 38.4 Å². The van der Waals surface area contributed by atoms with Crippen molar-refractivity contribution in [2.75, 3.05) is 13.1 Å². The Morgan fingerprint density at radius 2 is 1.89 bits per heavy atom. The Balaban J connectivity index is 1.78. The summed E-state index contributed by atoms with van der Waals surface area (Å²) < 4.78 is 40.2. The molecule has 0 saturated carbocycles. The van der Waals surface area contributed by atoms with E-state index in [1.54, 1.807) is 0 Å². The molecule has 1 atom stereocenters. The number of nitrogens with one attached hydrogen (secondary N) is 1. The van der Waals surface area contributed by atoms with E-state index in [4.69, 9.17) is 0 Å². The molecule has 1 fully saturated rings. The Labute approximate surface area is 158 Å². The third kappa shape index (κ3) is 3.29. The average Bonchev–Trinajstić information content (AvgIpc) is 3.35. The molecule has 1 aliphatic rings. The van der Waals surface area contributed by atoms with Crippen LogP contribution in [0.15, 0.2) is 24.3 Å². The number of hydrogen-bond acceptors (Lipinski definition) is 4. The lowest BCUT2D eigenvalue weighted by Gasteiger charge is -2.24. The molecule has 0 bridgehead atoms. The molecule has 1 aliphatic heterocycles. The van der Waals surface area contributed by atoms with Crippen molar-refractivity contribution < 1.29 is 23.2 Å². The maximum absolute atomic E-state index is 12.9. The van der Waals surface area contributed by atoms with Crippen LogP contribution in [0.25, 0.3) is 4.96 Å². The number of halogens is 3. The number of aromatic nitrogens is 3. The molecule has 5 nitrogen and oxygen atoms in total. The Hall–Kier alpha value is -2.13. The fourth-order valence-electron chi connectivity index (χ4n) is 3.68. The van der Waals surface area contributed by atoms with Crippen molar-refractivity contribution in [3.8, 4) is 5.88 Å². The first-order valence-corrected chi connectivity index (χ1v) is 9.79. The maximum Gasteiger partial charge on any atom is 0.416 e. The molecular weight excluding hydrogens is 377 g/mol. The lowest BCUT2D eigenvalue weighted by Crippen LogP contribution is -3.10. The molecule has 0 spiro atoms. The van der Waals surface area contributed by atoms with Gasteiger partial charge in [-0.25, -0.2) is 4.98 Å². The molecule has 0 unspecified atom stereocenters. The summed E-state index contributed by atoms with van der Waals surface area (Å²) >= 11 is 1.36. The summed E-state index contributed by atoms with van der Waals surface area (Å²) in [4.78, 5) is 6.96. The minimum absolute atomic E-state index is 0.0338. The van der Waals surface area contributed by atoms with Gasteiger partial charge in [0, 0.05) is 24.8 Å². The molecule has 144 valence electrons. The monoisotopic (exact) mass is 397 g/mol. The molecule has 2 N–H and O–H groups in total. The van der Waals surface area contributed by atoms with Gasteiger partial charge in [0.25, 0.3) is 0 Å². The first-order chi connectivity index (χ1) is 12.9. The third-order valence-corrected chi connectivity index (χ3v) is 6.13. The summed E-state index contributed by atoms with van der Waals surface area (Å²) in [6, 6.07) is 5.03. The van der Waals surface area contributed by atoms with Gasteiger partial charge in [-0.3, -0.25) is 0 Å². The SMILES string of the molecule is CCc1nc2sc([C@H](c3ccc(C(F)(F)F)cc3)[NH+]3CCCC3)c(O)n2n1. The quantitative estimate of drug-likeness (QED) is 0.712. The molecule has 1 saturated heterocycles. The van der Waals surface area contributed by atoms with E-state index in [1.807, 2.05) is 6.92 Å². The van der Waals surface area contributed by atoms with E-state index in [0.29, 0.717) is 22.1 Å². The van der Waals surface area contributed by atoms with Crippen LogP contribution in [-0.2, 0) is 12.6 Å². The Morgan fingerprint density at radius 3 is 2.44 bits per heavy atom. The van der Waals surface area contributed by atoms with E-state index < -0.39 is 11.7 Å². The maximum atomic E-state index is 12.9. The summed E-state index contributed by atoms with van der Waals surface area (Å²) in [5, 5.41) is 15.1. The van der Waals surface area contributed by atoms with Gasteiger partial charge < -0.3 is 10.0 Å². The van der Waals surface area contributed by atoms with Crippen LogP contribution in [0.5, 0.6) is 5.88 Å². The zero-order valence-electron chi connectivity index (χ0n) is 14.8. The van der Waals surface area contributed by atoms with Gasteiger partial charge in [-0.2, -0.15) is 17.7 Å². The number of thiazole rings is 1. The van der Waals surface area contributed by atoms with Crippen LogP contribution < -0.4 is 4.90 Å². The number of aryl methyl sites for hydroxylation is 1. The van der Waals surface area contributed by atoms with Gasteiger partial charge in [0.1, 0.15) is 4.88 Å². The van der Waals surface area contributed by atoms with Gasteiger partial charge in [-0.15, -0.1) is 5.10 Å². The molecule has 0 aliphatic carbocycles. The highest BCUT2D eigenvalue weighted by molar-refractivity contribution is 7.17. The van der Waals surface area contributed by atoms with Crippen LogP contribution >= 0.6 is 11.3 Å². The summed E-state index contributed by atoms with van der Waals surface area (Å²) in [7, 11) is 0. The highest BCUT2D eigenvalue weighted by Gasteiger charge is 2.36. The standard InChI is InChI=1S/C18H19F3N4OS/c1-2-13-22-17-25(23-13)16(26)15(27-17)14(24-9-3-4-10-24)11-5-7-12(8-6-11)18(19,20)21/h5-8,14,26H,2-4,9-10H2,1H3/p+1/t14-/m0/s1. The summed E-state index contributed by atoms with van der Waals surface area (Å²) in [5.74, 6) is 0.689. The van der Waals surface area contributed by atoms with Crippen molar-refractivity contribution >= 4 is 16.3 Å². The number of aromatic hydroxyl groups is 1. The first kappa shape index (κ1) is 18.2. The zero-order valence-corrected chi connectivity index (χ0v) is 15.6. The second kappa shape index (κ2) is 6.79. The van der Waals surface area contributed by atoms with Gasteiger partial charge in [-0.1, -0.05) is 30.4 Å². The largest absolute Gasteiger partial charge is 0.492 e. The van der Waals surface area contributed by atoms with Crippen molar-refractivity contribution in [1.29, 1.82) is 0 Å². The van der Waals surface area contributed by atoms with Crippen molar-refractivity contribution in [3.63, 3.8) is 0 Å². The average molecular weight is 397 g/mol. The fourth-order valence-corrected chi connectivity index (χ4v) is 4.84. The lowest BCUT2D eigenvalue weighted by molar-refractivity contribution is -0.913. The van der Waals surface area contributed by atoms with Crippen LogP contribution in [0.1, 0.15) is 47.6 Å². The number of benzene rings is 1. The number of fused-ring (bicyclic) bond motifs is 1. The molecule has 4 rings (SSSR count). The van der Waals surface area contributed by atoms with E-state index in [0.717, 1.165) is 43.6 Å². The number of hydrogen-bond donors (Lipinski definition) is 2. The van der Waals surface area contributed by atoms with E-state index in [2.05, 4.69) is 10.1 Å². The van der Waals surface area contributed by atoms with Crippen LogP contribution in [0, 0.1) is 0 Å². The van der Waals surface area contributed by atoms with E-state index in [-0.39, 0.29) is 11.9 Å². The molecule has 3 heterocycles. The van der Waals surface area contributed by atoms with Crippen molar-refractivity contribution in [3.05, 3.63) is 46.1 Å². The minimum atomic E-state index is -4.36. The van der Waals surface area contributed by atoms with Crippen LogP contribution in [0.3, 0.4) is 0 Å². The Morgan fingerprint density at radius 1 is 1.22 bits per heavy atom. The molecular formula is C18H20F3N4OS+. The van der Waals surface area contributed by atoms with Crippen LogP contribution in [-0.4, -0.2) is 32.8 Å². The third-order valence-electron chi connectivity index (χ3n) is 5.05. The number of quaternary nitrogens is 1. The number of likely N-dealkylation sites (tertiary alicyclic amines) is 1. The molecule has 1 aromatic carbocycles. The smallest absolute Gasteiger partial charge is 0.416 e. The second-order valence-corrected chi connectivity index (χ2v) is 7.79. The highest BCUT2D eigenvalue weighted by atomic mass is 32.1. The molecule has 2 aromatic heterocycles. The van der Waals surface area contributed by atoms with Gasteiger partial charge >= 0.3 is 6.18 Å². The van der Waals surface area contributed by atoms with Gasteiger partial charge in [0.2, 0.25) is 10.8 Å². The lowest BCUT2D eigenvalue weighted by atomic mass is 10.0. The summed E-state index contributed by atoms with van der Waals surface area (Å²) in [6.07, 6.45) is -1.56. The predicted octanol–water partition coefficient (Wildman–Crippen LogP) is 2.85. The number of rotatable bonds is 4. The number of nitrogens with zero attached hydrogens (tertiary/aromatic N) is 3. The molecule has 0 amide bonds. The normalized spacial score (nSPS) is 17.0. The molecule has 9 heteroatoms. The summed E-state index contributed by atoms with van der Waals surface area (Å²) in [5.41, 5.74) is 0.0938. The number of alkyl halides is 3. The zero-order chi connectivity index (χ0) is 19.2. The fraction of sp³-hybridized carbons (Fsp3) is 0.444. The Kier molecular flexibility index (Phi) is 4.59. The highest BCUT2D eigenvalue weighted by Crippen LogP contribution is 2.36. The topological polar surface area (TPSA) is 54.9 Å². The predicted molar refractivity (Wildman–Crippen MR) is 95.1 cm³/mol. The van der Waals surface area contributed by atoms with Gasteiger partial charge in [0.15, 0.2) is 11.9 Å². The molecule has 27 heavy (non-hydrogen) atoms. The van der Waals surface area contributed by atoms with E-state index >= 15 is 0 Å². The second-order valence-electron chi connectivity index (χ2n) is 6.78. The van der Waals surface area contributed by atoms with Gasteiger partial charge in [-0.05, 0) is 12.1 Å². The van der Waals surface area contributed by atoms with Crippen LogP contribution in [0.2, 0.25) is 0 Å². The molecule has 0 radical (unpaired) electrons. The van der Waals surface area contributed by atoms with E-state index in [9.17, 15) is 18.3 Å². The molecule has 3 aromatic rings. The van der Waals surface area contributed by atoms with Crippen LogP contribution in [0.4, 0.5) is 13.2 Å². The van der Waals surface area contributed by atoms with Gasteiger partial charge in [0.05, 0.1) is 18.7 Å². The minimum Gasteiger partial charge on any atom is -0.492 e. The Bertz CT molecular complexity index is 942. The van der Waals surface area contributed by atoms with Crippen molar-refractivity contribution in [2.24, 2.45) is 0 Å². The van der Waals surface area contributed by atoms with E-state index in [1.165, 1.54) is 32.9 Å².